The van der Waals surface area contributed by atoms with Crippen molar-refractivity contribution >= 4 is 23.3 Å². The Labute approximate surface area is 144 Å². The van der Waals surface area contributed by atoms with Crippen molar-refractivity contribution in [2.45, 2.75) is 13.0 Å². The molecular weight excluding hydrogens is 328 g/mol. The lowest BCUT2D eigenvalue weighted by molar-refractivity contribution is 0.0726. The maximum Gasteiger partial charge on any atom is 0.274 e. The SMILES string of the molecule is O=C(c1cn2cccnc2n1)N(CCCO)Cc1cccc(Cl)c1. The average molecular weight is 345 g/mol. The molecule has 3 rings (SSSR count). The monoisotopic (exact) mass is 344 g/mol. The van der Waals surface area contributed by atoms with Crippen molar-refractivity contribution in [1.29, 1.82) is 0 Å². The van der Waals surface area contributed by atoms with Gasteiger partial charge in [0, 0.05) is 43.3 Å². The zero-order valence-electron chi connectivity index (χ0n) is 13.0. The summed E-state index contributed by atoms with van der Waals surface area (Å²) in [6.45, 7) is 0.857. The number of hydrogen-bond acceptors (Lipinski definition) is 4. The number of fused-ring (bicyclic) bond motifs is 1. The van der Waals surface area contributed by atoms with Crippen LogP contribution in [0.15, 0.2) is 48.9 Å². The number of aliphatic hydroxyl groups excluding tert-OH is 1. The second kappa shape index (κ2) is 7.42. The molecule has 3 aromatic rings. The summed E-state index contributed by atoms with van der Waals surface area (Å²) in [5.41, 5.74) is 1.25. The van der Waals surface area contributed by atoms with Gasteiger partial charge in [-0.3, -0.25) is 9.20 Å². The molecule has 7 heteroatoms. The number of imidazole rings is 1. The molecule has 0 saturated heterocycles. The van der Waals surface area contributed by atoms with E-state index < -0.39 is 0 Å². The van der Waals surface area contributed by atoms with Gasteiger partial charge in [-0.1, -0.05) is 23.7 Å². The van der Waals surface area contributed by atoms with Gasteiger partial charge in [0.1, 0.15) is 5.69 Å². The van der Waals surface area contributed by atoms with Gasteiger partial charge in [-0.2, -0.15) is 0 Å². The number of halogens is 1. The van der Waals surface area contributed by atoms with Crippen LogP contribution in [0.4, 0.5) is 0 Å². The van der Waals surface area contributed by atoms with Crippen molar-refractivity contribution in [2.75, 3.05) is 13.2 Å². The number of rotatable bonds is 6. The molecule has 0 atom stereocenters. The van der Waals surface area contributed by atoms with Crippen molar-refractivity contribution in [3.8, 4) is 0 Å². The van der Waals surface area contributed by atoms with Gasteiger partial charge in [-0.05, 0) is 30.2 Å². The molecule has 0 aliphatic rings. The van der Waals surface area contributed by atoms with Gasteiger partial charge in [0.15, 0.2) is 0 Å². The van der Waals surface area contributed by atoms with E-state index in [-0.39, 0.29) is 12.5 Å². The van der Waals surface area contributed by atoms with E-state index in [1.165, 1.54) is 0 Å². The van der Waals surface area contributed by atoms with E-state index in [1.807, 2.05) is 18.2 Å². The van der Waals surface area contributed by atoms with Crippen molar-refractivity contribution in [1.82, 2.24) is 19.3 Å². The van der Waals surface area contributed by atoms with Crippen molar-refractivity contribution < 1.29 is 9.90 Å². The molecule has 0 unspecified atom stereocenters. The summed E-state index contributed by atoms with van der Waals surface area (Å²) in [5.74, 6) is 0.277. The number of aromatic nitrogens is 3. The minimum atomic E-state index is -0.200. The maximum atomic E-state index is 12.8. The van der Waals surface area contributed by atoms with Gasteiger partial charge < -0.3 is 10.0 Å². The van der Waals surface area contributed by atoms with Crippen LogP contribution in [0.5, 0.6) is 0 Å². The lowest BCUT2D eigenvalue weighted by Gasteiger charge is -2.21. The number of amides is 1. The highest BCUT2D eigenvalue weighted by atomic mass is 35.5. The Balaban J connectivity index is 1.85. The molecule has 24 heavy (non-hydrogen) atoms. The molecule has 0 aliphatic heterocycles. The Kier molecular flexibility index (Phi) is 5.08. The van der Waals surface area contributed by atoms with Crippen molar-refractivity contribution in [3.05, 3.63) is 65.2 Å². The standard InChI is InChI=1S/C17H17ClN4O2/c18-14-5-1-4-13(10-14)11-21(8-3-9-23)16(24)15-12-22-7-2-6-19-17(22)20-15/h1-2,4-7,10,12,23H,3,8-9,11H2. The summed E-state index contributed by atoms with van der Waals surface area (Å²) in [4.78, 5) is 22.9. The Hall–Kier alpha value is -2.44. The molecule has 2 aromatic heterocycles. The number of hydrogen-bond donors (Lipinski definition) is 1. The average Bonchev–Trinajstić information content (AvgIpc) is 3.02. The summed E-state index contributed by atoms with van der Waals surface area (Å²) in [7, 11) is 0. The van der Waals surface area contributed by atoms with Gasteiger partial charge in [0.25, 0.3) is 5.91 Å². The highest BCUT2D eigenvalue weighted by molar-refractivity contribution is 6.30. The highest BCUT2D eigenvalue weighted by Crippen LogP contribution is 2.15. The zero-order chi connectivity index (χ0) is 16.9. The van der Waals surface area contributed by atoms with Gasteiger partial charge in [-0.25, -0.2) is 9.97 Å². The van der Waals surface area contributed by atoms with E-state index in [4.69, 9.17) is 16.7 Å². The van der Waals surface area contributed by atoms with Gasteiger partial charge in [-0.15, -0.1) is 0 Å². The van der Waals surface area contributed by atoms with Crippen LogP contribution in [0, 0.1) is 0 Å². The topological polar surface area (TPSA) is 70.7 Å². The molecule has 6 nitrogen and oxygen atoms in total. The predicted molar refractivity (Wildman–Crippen MR) is 90.9 cm³/mol. The third-order valence-corrected chi connectivity index (χ3v) is 3.83. The van der Waals surface area contributed by atoms with Crippen LogP contribution >= 0.6 is 11.6 Å². The molecule has 1 N–H and O–H groups in total. The lowest BCUT2D eigenvalue weighted by atomic mass is 10.2. The number of benzene rings is 1. The maximum absolute atomic E-state index is 12.8. The molecule has 124 valence electrons. The summed E-state index contributed by atoms with van der Waals surface area (Å²) >= 11 is 6.02. The van der Waals surface area contributed by atoms with Crippen LogP contribution < -0.4 is 0 Å². The fourth-order valence-electron chi connectivity index (χ4n) is 2.46. The van der Waals surface area contributed by atoms with Crippen LogP contribution in [0.3, 0.4) is 0 Å². The molecule has 0 radical (unpaired) electrons. The van der Waals surface area contributed by atoms with E-state index >= 15 is 0 Å². The van der Waals surface area contributed by atoms with Gasteiger partial charge in [0.2, 0.25) is 5.78 Å². The fourth-order valence-corrected chi connectivity index (χ4v) is 2.68. The van der Waals surface area contributed by atoms with Crippen LogP contribution in [0.25, 0.3) is 5.78 Å². The first-order valence-corrected chi connectivity index (χ1v) is 7.99. The Morgan fingerprint density at radius 3 is 2.96 bits per heavy atom. The van der Waals surface area contributed by atoms with E-state index in [1.54, 1.807) is 40.0 Å². The molecule has 0 bridgehead atoms. The van der Waals surface area contributed by atoms with Crippen LogP contribution in [0.1, 0.15) is 22.5 Å². The second-order valence-electron chi connectivity index (χ2n) is 5.39. The van der Waals surface area contributed by atoms with E-state index in [0.29, 0.717) is 36.0 Å². The Morgan fingerprint density at radius 2 is 2.21 bits per heavy atom. The number of carbonyl (C=O) groups excluding carboxylic acids is 1. The first-order chi connectivity index (χ1) is 11.7. The second-order valence-corrected chi connectivity index (χ2v) is 5.82. The summed E-state index contributed by atoms with van der Waals surface area (Å²) < 4.78 is 1.71. The van der Waals surface area contributed by atoms with Crippen molar-refractivity contribution in [3.63, 3.8) is 0 Å². The molecule has 0 aliphatic carbocycles. The molecular formula is C17H17ClN4O2. The predicted octanol–water partition coefficient (Wildman–Crippen LogP) is 2.41. The smallest absolute Gasteiger partial charge is 0.274 e. The first kappa shape index (κ1) is 16.4. The van der Waals surface area contributed by atoms with Crippen LogP contribution in [0.2, 0.25) is 5.02 Å². The van der Waals surface area contributed by atoms with Gasteiger partial charge in [0.05, 0.1) is 0 Å². The highest BCUT2D eigenvalue weighted by Gasteiger charge is 2.19. The third kappa shape index (κ3) is 3.72. The number of aliphatic hydroxyl groups is 1. The minimum absolute atomic E-state index is 0.0199. The number of nitrogens with zero attached hydrogens (tertiary/aromatic N) is 4. The Morgan fingerprint density at radius 1 is 1.33 bits per heavy atom. The summed E-state index contributed by atoms with van der Waals surface area (Å²) in [6.07, 6.45) is 5.58. The van der Waals surface area contributed by atoms with Crippen LogP contribution in [-0.4, -0.2) is 43.4 Å². The van der Waals surface area contributed by atoms with E-state index in [9.17, 15) is 4.79 Å². The lowest BCUT2D eigenvalue weighted by Crippen LogP contribution is -2.32. The molecule has 1 aromatic carbocycles. The molecule has 0 fully saturated rings. The minimum Gasteiger partial charge on any atom is -0.396 e. The third-order valence-electron chi connectivity index (χ3n) is 3.59. The molecule has 1 amide bonds. The normalized spacial score (nSPS) is 10.9. The molecule has 0 saturated carbocycles. The largest absolute Gasteiger partial charge is 0.396 e. The molecule has 2 heterocycles. The summed E-state index contributed by atoms with van der Waals surface area (Å²) in [5, 5.41) is 9.73. The first-order valence-electron chi connectivity index (χ1n) is 7.61. The Bertz CT molecular complexity index is 816. The van der Waals surface area contributed by atoms with Crippen LogP contribution in [-0.2, 0) is 6.54 Å². The molecule has 0 spiro atoms. The zero-order valence-corrected chi connectivity index (χ0v) is 13.7. The van der Waals surface area contributed by atoms with Crippen molar-refractivity contribution in [2.24, 2.45) is 0 Å². The van der Waals surface area contributed by atoms with Gasteiger partial charge >= 0.3 is 0 Å². The fraction of sp³-hybridized carbons (Fsp3) is 0.235. The summed E-state index contributed by atoms with van der Waals surface area (Å²) in [6, 6.07) is 9.15. The van der Waals surface area contributed by atoms with E-state index in [0.717, 1.165) is 5.56 Å². The van der Waals surface area contributed by atoms with E-state index in [2.05, 4.69) is 9.97 Å². The number of carbonyl (C=O) groups is 1. The quantitative estimate of drug-likeness (QED) is 0.745.